The Labute approximate surface area is 744 Å². The van der Waals surface area contributed by atoms with Crippen molar-refractivity contribution in [3.8, 4) is 0 Å². The van der Waals surface area contributed by atoms with E-state index in [-0.39, 0.29) is 104 Å². The summed E-state index contributed by atoms with van der Waals surface area (Å²) in [5, 5.41) is 31.8. The number of carbonyl (C=O) groups is 15. The number of aliphatic carboxylic acids is 3. The molecule has 698 valence electrons. The summed E-state index contributed by atoms with van der Waals surface area (Å²) in [6, 6.07) is 45.9. The van der Waals surface area contributed by atoms with Gasteiger partial charge in [-0.2, -0.15) is 0 Å². The molecule has 5 aromatic carbocycles. The van der Waals surface area contributed by atoms with E-state index < -0.39 is 143 Å². The van der Waals surface area contributed by atoms with Crippen LogP contribution in [0.15, 0.2) is 176 Å². The lowest BCUT2D eigenvalue weighted by molar-refractivity contribution is -0.159. The smallest absolute Gasteiger partial charge is 0.410 e. The molecule has 4 heterocycles. The summed E-state index contributed by atoms with van der Waals surface area (Å²) in [5.41, 5.74) is 2.63. The molecule has 5 N–H and O–H groups in total. The number of ether oxygens (including phenoxy) is 12. The molecule has 9 rings (SSSR count). The van der Waals surface area contributed by atoms with Gasteiger partial charge in [-0.15, -0.1) is 0 Å². The summed E-state index contributed by atoms with van der Waals surface area (Å²) < 4.78 is 60.7. The molecule has 0 saturated carbocycles. The molecule has 4 fully saturated rings. The van der Waals surface area contributed by atoms with Gasteiger partial charge in [-0.05, 0) is 125 Å². The minimum Gasteiger partial charge on any atom is -0.481 e. The Bertz CT molecular complexity index is 4440. The van der Waals surface area contributed by atoms with Gasteiger partial charge in [-0.3, -0.25) is 33.7 Å². The fraction of sp³-hybridized carbons (Fsp3) is 0.467. The van der Waals surface area contributed by atoms with Crippen LogP contribution < -0.4 is 10.6 Å². The Morgan fingerprint density at radius 2 is 0.578 bits per heavy atom. The minimum absolute atomic E-state index is 0.00468. The number of esters is 7. The first kappa shape index (κ1) is 107. The molecule has 0 bridgehead atoms. The molecule has 4 saturated heterocycles. The predicted molar refractivity (Wildman–Crippen MR) is 460 cm³/mol. The van der Waals surface area contributed by atoms with Crippen LogP contribution in [-0.4, -0.2) is 239 Å². The highest BCUT2D eigenvalue weighted by atomic mass is 16.6. The Morgan fingerprint density at radius 3 is 0.914 bits per heavy atom. The number of rotatable bonds is 27. The zero-order valence-electron chi connectivity index (χ0n) is 74.7. The van der Waals surface area contributed by atoms with Crippen LogP contribution in [0.5, 0.6) is 0 Å². The van der Waals surface area contributed by atoms with Crippen molar-refractivity contribution in [2.45, 2.75) is 159 Å². The van der Waals surface area contributed by atoms with Gasteiger partial charge in [0.05, 0.1) is 80.6 Å². The Morgan fingerprint density at radius 1 is 0.312 bits per heavy atom. The molecule has 8 atom stereocenters. The summed E-state index contributed by atoms with van der Waals surface area (Å²) in [7, 11) is 0. The number of benzene rings is 5. The highest BCUT2D eigenvalue weighted by Crippen LogP contribution is 2.30. The zero-order chi connectivity index (χ0) is 95.1. The number of carboxylic acid groups (broad SMARTS) is 3. The number of hydrogen-bond acceptors (Lipinski definition) is 28. The van der Waals surface area contributed by atoms with Crippen molar-refractivity contribution in [1.82, 2.24) is 30.2 Å². The van der Waals surface area contributed by atoms with Crippen LogP contribution in [0.1, 0.15) is 125 Å². The van der Waals surface area contributed by atoms with Crippen LogP contribution in [0, 0.1) is 35.5 Å². The van der Waals surface area contributed by atoms with Gasteiger partial charge in [0.25, 0.3) is 0 Å². The van der Waals surface area contributed by atoms with Crippen LogP contribution >= 0.6 is 0 Å². The van der Waals surface area contributed by atoms with Crippen LogP contribution in [0.3, 0.4) is 0 Å². The summed E-state index contributed by atoms with van der Waals surface area (Å²) >= 11 is 0. The largest absolute Gasteiger partial charge is 0.481 e. The molecule has 5 amide bonds. The van der Waals surface area contributed by atoms with E-state index >= 15 is 0 Å². The van der Waals surface area contributed by atoms with Crippen molar-refractivity contribution in [1.29, 1.82) is 0 Å². The minimum atomic E-state index is -1.16. The first-order valence-electron chi connectivity index (χ1n) is 41.5. The second kappa shape index (κ2) is 55.1. The van der Waals surface area contributed by atoms with Gasteiger partial charge in [0, 0.05) is 83.2 Å². The van der Waals surface area contributed by atoms with Crippen molar-refractivity contribution in [2.24, 2.45) is 35.5 Å². The van der Waals surface area contributed by atoms with Gasteiger partial charge < -0.3 is 97.5 Å². The normalized spacial score (nSPS) is 17.9. The molecule has 128 heavy (non-hydrogen) atoms. The molecule has 0 spiro atoms. The molecule has 5 aromatic rings. The molecule has 0 aliphatic carbocycles. The van der Waals surface area contributed by atoms with Crippen molar-refractivity contribution in [3.63, 3.8) is 0 Å². The molecular weight excluding hydrogens is 1670 g/mol. The molecule has 36 heteroatoms. The lowest BCUT2D eigenvalue weighted by Gasteiger charge is -2.24. The third-order valence-corrected chi connectivity index (χ3v) is 18.0. The quantitative estimate of drug-likeness (QED) is 0.0185. The summed E-state index contributed by atoms with van der Waals surface area (Å²) in [4.78, 5) is 181. The van der Waals surface area contributed by atoms with E-state index in [0.29, 0.717) is 26.2 Å². The van der Waals surface area contributed by atoms with Crippen LogP contribution in [0.4, 0.5) is 24.0 Å². The third kappa shape index (κ3) is 42.1. The van der Waals surface area contributed by atoms with Crippen LogP contribution in [0.2, 0.25) is 0 Å². The Balaban J connectivity index is 0.000000329. The monoisotopic (exact) mass is 1790 g/mol. The maximum absolute atomic E-state index is 12.7. The first-order chi connectivity index (χ1) is 60.6. The van der Waals surface area contributed by atoms with E-state index in [9.17, 15) is 77.0 Å². The van der Waals surface area contributed by atoms with Crippen molar-refractivity contribution < 1.29 is 144 Å². The molecule has 4 aliphatic rings. The number of nitrogens with one attached hydrogen (secondary N) is 2. The number of nitrogens with zero attached hydrogens (tertiary/aromatic N) is 4. The lowest BCUT2D eigenvalue weighted by atomic mass is 9.96. The number of carboxylic acids is 3. The average Bonchev–Trinajstić information content (AvgIpc) is 1.70. The van der Waals surface area contributed by atoms with Crippen molar-refractivity contribution in [3.05, 3.63) is 204 Å². The summed E-state index contributed by atoms with van der Waals surface area (Å²) in [6.07, 6.45) is 0.567. The van der Waals surface area contributed by atoms with Gasteiger partial charge in [0.15, 0.2) is 0 Å². The maximum Gasteiger partial charge on any atom is 0.410 e. The van der Waals surface area contributed by atoms with Gasteiger partial charge in [0.1, 0.15) is 43.2 Å². The van der Waals surface area contributed by atoms with E-state index in [1.165, 1.54) is 14.7 Å². The van der Waals surface area contributed by atoms with Gasteiger partial charge in [-0.25, -0.2) is 43.2 Å². The second-order valence-electron chi connectivity index (χ2n) is 31.7. The number of hydrogen-bond donors (Lipinski definition) is 5. The molecule has 0 aromatic heterocycles. The standard InChI is InChI=1S/C22H25NO4.C20H28N2O6.C18H24N2O6.C13H21NO6.C13H14O4.C6H8O4/c1-2-26-21(24)19-14-23(13-17-9-5-3-6-10-17)15-20(19)22(25)27-16-18-11-7-4-8-12-18;1-5-26-17(23)15-11-22(19(25)28-20(2,3)4)12-16(15)21-18(24)27-13-14-9-7-6-8-10-14;1-18(2,3)26-17(24)20-9-13(15(21)22)14(10-20)19-16(23)25-11-12-7-5-4-6-8-12;1-5-19-11(17)9-7-14(6-8(9)10(15)16)12(18)20-13(2,3)4;1-2-16-12(14)8-9-13(15)17-10-11-6-4-3-5-7-11;1-2-10-6(9)4-3-5(7)8/h3-12,19-20H,2,13-16H2,1H3;6-10,15-16H,5,11-13H2,1-4H3,(H,21,24);4-8,13-14H,9-11H2,1-3H3,(H,19,23)(H,21,22);8-9H,5-7H2,1-4H3,(H,15,16);3-9H,2,10H2,1H3;3-4H,2H2,1H3,(H,7,8)/b;;;;9-8+;4-3+/t19-,20-;15-,16-;13-,14-;8-,9-;;/m1111../s1. The van der Waals surface area contributed by atoms with Gasteiger partial charge in [-0.1, -0.05) is 152 Å². The van der Waals surface area contributed by atoms with Gasteiger partial charge >= 0.3 is 90.2 Å². The van der Waals surface area contributed by atoms with E-state index in [1.807, 2.05) is 152 Å². The van der Waals surface area contributed by atoms with E-state index in [1.54, 1.807) is 96.9 Å². The molecule has 36 nitrogen and oxygen atoms in total. The van der Waals surface area contributed by atoms with E-state index in [4.69, 9.17) is 57.6 Å². The highest BCUT2D eigenvalue weighted by molar-refractivity contribution is 5.92. The van der Waals surface area contributed by atoms with E-state index in [2.05, 4.69) is 25.0 Å². The van der Waals surface area contributed by atoms with E-state index in [0.717, 1.165) is 52.1 Å². The number of amides is 5. The third-order valence-electron chi connectivity index (χ3n) is 18.0. The molecule has 0 radical (unpaired) electrons. The summed E-state index contributed by atoms with van der Waals surface area (Å²) in [6.45, 7) is 27.8. The van der Waals surface area contributed by atoms with Crippen molar-refractivity contribution in [2.75, 3.05) is 85.4 Å². The fourth-order valence-corrected chi connectivity index (χ4v) is 12.3. The lowest BCUT2D eigenvalue weighted by Crippen LogP contribution is -2.44. The SMILES string of the molecule is CC(C)(C)OC(=O)N1C[C@@H](NC(=O)OCc2ccccc2)[C@H](C(=O)O)C1.CCOC(=O)/C=C/C(=O)O.CCOC(=O)/C=C/C(=O)OCc1ccccc1.CCOC(=O)[C@@H]1CN(C(=O)OC(C)(C)C)C[C@H]1C(=O)O.CCOC(=O)[C@@H]1CN(C(=O)OC(C)(C)C)C[C@H]1NC(=O)OCc1ccccc1.CCOC(=O)[C@@H]1CN(Cc2ccccc2)C[C@H]1C(=O)OCc1ccccc1. The van der Waals surface area contributed by atoms with Crippen molar-refractivity contribution >= 4 is 90.2 Å². The number of carbonyl (C=O) groups excluding carboxylic acids is 12. The highest BCUT2D eigenvalue weighted by Gasteiger charge is 2.48. The Hall–Kier alpha value is -13.4. The van der Waals surface area contributed by atoms with Gasteiger partial charge in [0.2, 0.25) is 0 Å². The number of likely N-dealkylation sites (tertiary alicyclic amines) is 4. The topological polar surface area (TPSA) is 465 Å². The van der Waals surface area contributed by atoms with Crippen LogP contribution in [-0.2, 0) is 138 Å². The fourth-order valence-electron chi connectivity index (χ4n) is 12.3. The maximum atomic E-state index is 12.7. The molecule has 4 aliphatic heterocycles. The first-order valence-corrected chi connectivity index (χ1v) is 41.5. The number of alkyl carbamates (subject to hydrolysis) is 2. The average molecular weight is 1790 g/mol. The van der Waals surface area contributed by atoms with Crippen LogP contribution in [0.25, 0.3) is 0 Å². The zero-order valence-corrected chi connectivity index (χ0v) is 74.7. The predicted octanol–water partition coefficient (Wildman–Crippen LogP) is 11.1. The molecule has 0 unspecified atom stereocenters. The summed E-state index contributed by atoms with van der Waals surface area (Å²) in [5.74, 6) is -11.3. The Kier molecular flexibility index (Phi) is 46.1. The second-order valence-corrected chi connectivity index (χ2v) is 31.7. The molecular formula is C92H120N6O30.